The summed E-state index contributed by atoms with van der Waals surface area (Å²) in [5.74, 6) is 0.628. The lowest BCUT2D eigenvalue weighted by atomic mass is 10.1. The highest BCUT2D eigenvalue weighted by Crippen LogP contribution is 2.37. The lowest BCUT2D eigenvalue weighted by molar-refractivity contribution is 0.0941. The van der Waals surface area contributed by atoms with E-state index in [0.29, 0.717) is 20.8 Å². The standard InChI is InChI=1S/C15H15Cl2NOS/c1-8-2-4-10(6-8)18-15(19)14-13(17)11-5-3-9(16)7-12(11)20-14/h3,5,7-8,10H,2,4,6H2,1H3,(H,18,19). The average Bonchev–Trinajstić information content (AvgIpc) is 2.94. The molecule has 0 radical (unpaired) electrons. The van der Waals surface area contributed by atoms with Crippen LogP contribution in [-0.2, 0) is 0 Å². The van der Waals surface area contributed by atoms with Crippen LogP contribution in [-0.4, -0.2) is 11.9 Å². The number of hydrogen-bond donors (Lipinski definition) is 1. The first-order valence-electron chi connectivity index (χ1n) is 6.73. The molecule has 1 aliphatic rings. The van der Waals surface area contributed by atoms with Gasteiger partial charge in [0.25, 0.3) is 5.91 Å². The first-order chi connectivity index (χ1) is 9.54. The van der Waals surface area contributed by atoms with E-state index >= 15 is 0 Å². The Labute approximate surface area is 132 Å². The van der Waals surface area contributed by atoms with E-state index in [1.54, 1.807) is 6.07 Å². The van der Waals surface area contributed by atoms with Gasteiger partial charge in [-0.3, -0.25) is 4.79 Å². The fourth-order valence-electron chi connectivity index (χ4n) is 2.77. The average molecular weight is 328 g/mol. The van der Waals surface area contributed by atoms with Gasteiger partial charge in [0.1, 0.15) is 4.88 Å². The van der Waals surface area contributed by atoms with Crippen molar-refractivity contribution in [3.8, 4) is 0 Å². The highest BCUT2D eigenvalue weighted by molar-refractivity contribution is 7.21. The Morgan fingerprint density at radius 2 is 2.15 bits per heavy atom. The molecule has 2 atom stereocenters. The molecule has 1 amide bonds. The largest absolute Gasteiger partial charge is 0.349 e. The van der Waals surface area contributed by atoms with Gasteiger partial charge >= 0.3 is 0 Å². The molecule has 0 bridgehead atoms. The predicted octanol–water partition coefficient (Wildman–Crippen LogP) is 5.13. The topological polar surface area (TPSA) is 29.1 Å². The first kappa shape index (κ1) is 14.2. The fourth-order valence-corrected chi connectivity index (χ4v) is 4.47. The van der Waals surface area contributed by atoms with Crippen molar-refractivity contribution in [2.24, 2.45) is 5.92 Å². The van der Waals surface area contributed by atoms with Gasteiger partial charge in [-0.2, -0.15) is 0 Å². The molecule has 1 saturated carbocycles. The van der Waals surface area contributed by atoms with Crippen molar-refractivity contribution in [1.29, 1.82) is 0 Å². The first-order valence-corrected chi connectivity index (χ1v) is 8.30. The number of benzene rings is 1. The quantitative estimate of drug-likeness (QED) is 0.814. The van der Waals surface area contributed by atoms with Crippen LogP contribution in [0.3, 0.4) is 0 Å². The number of rotatable bonds is 2. The van der Waals surface area contributed by atoms with Gasteiger partial charge in [0, 0.05) is 21.2 Å². The van der Waals surface area contributed by atoms with Crippen molar-refractivity contribution in [2.75, 3.05) is 0 Å². The Morgan fingerprint density at radius 1 is 1.35 bits per heavy atom. The van der Waals surface area contributed by atoms with Crippen LogP contribution in [0.2, 0.25) is 10.0 Å². The number of halogens is 2. The third kappa shape index (κ3) is 2.67. The summed E-state index contributed by atoms with van der Waals surface area (Å²) in [5, 5.41) is 5.18. The molecule has 1 aromatic carbocycles. The van der Waals surface area contributed by atoms with Crippen LogP contribution in [0.1, 0.15) is 35.9 Å². The minimum atomic E-state index is -0.0635. The highest BCUT2D eigenvalue weighted by Gasteiger charge is 2.25. The van der Waals surface area contributed by atoms with Crippen LogP contribution in [0.15, 0.2) is 18.2 Å². The van der Waals surface area contributed by atoms with E-state index in [9.17, 15) is 4.79 Å². The van der Waals surface area contributed by atoms with E-state index in [1.165, 1.54) is 17.8 Å². The van der Waals surface area contributed by atoms with Crippen LogP contribution in [0.5, 0.6) is 0 Å². The molecular weight excluding hydrogens is 313 g/mol. The molecule has 1 N–H and O–H groups in total. The molecule has 1 aliphatic carbocycles. The molecule has 1 fully saturated rings. The summed E-state index contributed by atoms with van der Waals surface area (Å²) < 4.78 is 0.951. The van der Waals surface area contributed by atoms with Crippen molar-refractivity contribution in [1.82, 2.24) is 5.32 Å². The normalized spacial score (nSPS) is 22.4. The van der Waals surface area contributed by atoms with Gasteiger partial charge in [-0.15, -0.1) is 11.3 Å². The number of carbonyl (C=O) groups is 1. The Kier molecular flexibility index (Phi) is 3.93. The summed E-state index contributed by atoms with van der Waals surface area (Å²) in [6.45, 7) is 2.22. The number of hydrogen-bond acceptors (Lipinski definition) is 2. The Balaban J connectivity index is 1.86. The second kappa shape index (κ2) is 5.55. The third-order valence-electron chi connectivity index (χ3n) is 3.83. The van der Waals surface area contributed by atoms with Crippen LogP contribution < -0.4 is 5.32 Å². The SMILES string of the molecule is CC1CCC(NC(=O)c2sc3cc(Cl)ccc3c2Cl)C1. The van der Waals surface area contributed by atoms with E-state index in [1.807, 2.05) is 12.1 Å². The molecule has 2 aromatic rings. The maximum Gasteiger partial charge on any atom is 0.263 e. The molecule has 5 heteroatoms. The minimum Gasteiger partial charge on any atom is -0.349 e. The summed E-state index contributed by atoms with van der Waals surface area (Å²) in [4.78, 5) is 13.0. The summed E-state index contributed by atoms with van der Waals surface area (Å²) in [5.41, 5.74) is 0. The van der Waals surface area contributed by atoms with Crippen molar-refractivity contribution < 1.29 is 4.79 Å². The van der Waals surface area contributed by atoms with Crippen molar-refractivity contribution >= 4 is 50.5 Å². The number of thiophene rings is 1. The Bertz CT molecular complexity index is 667. The van der Waals surface area contributed by atoms with Gasteiger partial charge in [0.05, 0.1) is 5.02 Å². The van der Waals surface area contributed by atoms with Gasteiger partial charge in [-0.25, -0.2) is 0 Å². The minimum absolute atomic E-state index is 0.0635. The number of amides is 1. The maximum absolute atomic E-state index is 12.4. The van der Waals surface area contributed by atoms with Gasteiger partial charge in [0.2, 0.25) is 0 Å². The van der Waals surface area contributed by atoms with Gasteiger partial charge in [0.15, 0.2) is 0 Å². The predicted molar refractivity (Wildman–Crippen MR) is 86.1 cm³/mol. The van der Waals surface area contributed by atoms with Crippen LogP contribution in [0, 0.1) is 5.92 Å². The van der Waals surface area contributed by atoms with E-state index in [0.717, 1.165) is 22.9 Å². The lowest BCUT2D eigenvalue weighted by Crippen LogP contribution is -2.32. The van der Waals surface area contributed by atoms with Crippen LogP contribution in [0.4, 0.5) is 0 Å². The lowest BCUT2D eigenvalue weighted by Gasteiger charge is -2.11. The summed E-state index contributed by atoms with van der Waals surface area (Å²) in [6, 6.07) is 5.79. The van der Waals surface area contributed by atoms with Crippen LogP contribution >= 0.6 is 34.5 Å². The zero-order valence-electron chi connectivity index (χ0n) is 11.1. The molecule has 1 aromatic heterocycles. The number of carbonyl (C=O) groups excluding carboxylic acids is 1. The molecule has 2 nitrogen and oxygen atoms in total. The molecule has 20 heavy (non-hydrogen) atoms. The van der Waals surface area contributed by atoms with Gasteiger partial charge in [-0.05, 0) is 37.3 Å². The molecule has 3 rings (SSSR count). The highest BCUT2D eigenvalue weighted by atomic mass is 35.5. The summed E-state index contributed by atoms with van der Waals surface area (Å²) in [7, 11) is 0. The zero-order valence-corrected chi connectivity index (χ0v) is 13.4. The van der Waals surface area contributed by atoms with Crippen molar-refractivity contribution in [3.63, 3.8) is 0 Å². The van der Waals surface area contributed by atoms with E-state index in [-0.39, 0.29) is 11.9 Å². The third-order valence-corrected chi connectivity index (χ3v) is 5.72. The monoisotopic (exact) mass is 327 g/mol. The number of fused-ring (bicyclic) bond motifs is 1. The van der Waals surface area contributed by atoms with Crippen molar-refractivity contribution in [2.45, 2.75) is 32.2 Å². The molecule has 0 saturated heterocycles. The maximum atomic E-state index is 12.4. The van der Waals surface area contributed by atoms with Gasteiger partial charge in [-0.1, -0.05) is 36.2 Å². The fraction of sp³-hybridized carbons (Fsp3) is 0.400. The summed E-state index contributed by atoms with van der Waals surface area (Å²) >= 11 is 13.7. The molecule has 1 heterocycles. The summed E-state index contributed by atoms with van der Waals surface area (Å²) in [6.07, 6.45) is 3.29. The van der Waals surface area contributed by atoms with E-state index in [4.69, 9.17) is 23.2 Å². The van der Waals surface area contributed by atoms with Gasteiger partial charge < -0.3 is 5.32 Å². The molecular formula is C15H15Cl2NOS. The van der Waals surface area contributed by atoms with Crippen LogP contribution in [0.25, 0.3) is 10.1 Å². The Hall–Kier alpha value is -0.770. The molecule has 106 valence electrons. The second-order valence-corrected chi connectivity index (χ2v) is 7.34. The zero-order chi connectivity index (χ0) is 14.3. The molecule has 2 unspecified atom stereocenters. The Morgan fingerprint density at radius 3 is 2.85 bits per heavy atom. The molecule has 0 aliphatic heterocycles. The molecule has 0 spiro atoms. The van der Waals surface area contributed by atoms with E-state index < -0.39 is 0 Å². The smallest absolute Gasteiger partial charge is 0.263 e. The second-order valence-electron chi connectivity index (χ2n) is 5.47. The van der Waals surface area contributed by atoms with Crippen molar-refractivity contribution in [3.05, 3.63) is 33.1 Å². The van der Waals surface area contributed by atoms with E-state index in [2.05, 4.69) is 12.2 Å². The number of nitrogens with one attached hydrogen (secondary N) is 1.